The van der Waals surface area contributed by atoms with Crippen LogP contribution in [-0.4, -0.2) is 42.3 Å². The number of halogens is 2. The highest BCUT2D eigenvalue weighted by molar-refractivity contribution is 9.10. The zero-order chi connectivity index (χ0) is 37.9. The minimum Gasteiger partial charge on any atom is -0.472 e. The van der Waals surface area contributed by atoms with Crippen molar-refractivity contribution in [3.05, 3.63) is 177 Å². The van der Waals surface area contributed by atoms with Crippen LogP contribution in [0, 0.1) is 0 Å². The normalized spacial score (nSPS) is 11.6. The highest BCUT2D eigenvalue weighted by Crippen LogP contribution is 2.49. The first kappa shape index (κ1) is 36.2. The monoisotopic (exact) mass is 810 g/mol. The number of nitrogens with zero attached hydrogens (tertiary/aromatic N) is 6. The zero-order valence-electron chi connectivity index (χ0n) is 30.2. The van der Waals surface area contributed by atoms with Gasteiger partial charge in [-0.1, -0.05) is 134 Å². The maximum Gasteiger partial charge on any atom is 0.358 e. The first-order chi connectivity index (χ1) is 27.0. The second kappa shape index (κ2) is 15.5. The van der Waals surface area contributed by atoms with Crippen LogP contribution in [0.4, 0.5) is 0 Å². The Kier molecular flexibility index (Phi) is 10.2. The summed E-state index contributed by atoms with van der Waals surface area (Å²) in [5.41, 5.74) is 7.52. The third-order valence-electron chi connectivity index (χ3n) is 9.86. The molecule has 2 aromatic heterocycles. The summed E-state index contributed by atoms with van der Waals surface area (Å²) in [5.74, 6) is 0.624. The highest BCUT2D eigenvalue weighted by Gasteiger charge is 2.41. The van der Waals surface area contributed by atoms with Gasteiger partial charge in [-0.2, -0.15) is 0 Å². The molecule has 2 aliphatic rings. The summed E-state index contributed by atoms with van der Waals surface area (Å²) in [5, 5.41) is 15.0. The van der Waals surface area contributed by atoms with Crippen molar-refractivity contribution >= 4 is 33.5 Å². The quantitative estimate of drug-likeness (QED) is 0.0894. The number of tetrazole rings is 1. The largest absolute Gasteiger partial charge is 0.472 e. The number of ether oxygens (including phenoxy) is 1. The van der Waals surface area contributed by atoms with Gasteiger partial charge in [-0.25, -0.2) is 9.78 Å². The number of carbonyl (C=O) groups is 1. The van der Waals surface area contributed by atoms with E-state index in [1.54, 1.807) is 24.2 Å². The molecule has 55 heavy (non-hydrogen) atoms. The van der Waals surface area contributed by atoms with E-state index in [4.69, 9.17) is 36.2 Å². The summed E-state index contributed by atoms with van der Waals surface area (Å²) in [7, 11) is 0. The van der Waals surface area contributed by atoms with Crippen molar-refractivity contribution in [1.29, 1.82) is 0 Å². The lowest BCUT2D eigenvalue weighted by Gasteiger charge is -2.34. The third kappa shape index (κ3) is 6.35. The third-order valence-corrected chi connectivity index (χ3v) is 10.9. The fraction of sp³-hybridized carbons (Fsp3) is 0.159. The fourth-order valence-corrected chi connectivity index (χ4v) is 8.53. The molecule has 1 aliphatic heterocycles. The highest BCUT2D eigenvalue weighted by atomic mass is 79.9. The maximum absolute atomic E-state index is 13.3. The van der Waals surface area contributed by atoms with E-state index in [-0.39, 0.29) is 24.0 Å². The SMILES string of the molecule is CCCc1nc(Cl)c(C(=O)OCC)n1Cc1c2ccocc-2c(Br)c1-c1ccccc1-c1nnn(C(c2ccccc2)(c2ccccc2)c2ccccc2)n1. The van der Waals surface area contributed by atoms with E-state index in [2.05, 4.69) is 70.3 Å². The summed E-state index contributed by atoms with van der Waals surface area (Å²) >= 11 is 10.6. The maximum atomic E-state index is 13.3. The molecule has 0 N–H and O–H groups in total. The second-order valence-electron chi connectivity index (χ2n) is 13.0. The summed E-state index contributed by atoms with van der Waals surface area (Å²) in [6, 6.07) is 40.7. The molecule has 0 atom stereocenters. The van der Waals surface area contributed by atoms with Gasteiger partial charge in [0.15, 0.2) is 16.4 Å². The molecule has 0 saturated heterocycles. The van der Waals surface area contributed by atoms with Crippen LogP contribution in [0.5, 0.6) is 0 Å². The standard InChI is InChI=1S/C44H36BrClN6O3/c1-3-16-37-47-41(46)40(43(53)55-4-2)51(37)27-35-32-25-26-54-28-36(32)39(45)38(35)33-23-14-15-24-34(33)42-48-50-52(49-42)44(29-17-8-5-9-18-29,30-19-10-6-11-20-30)31-21-12-7-13-22-31/h5-15,17-26,28H,3-4,16,27H2,1-2H3. The molecule has 0 bridgehead atoms. The Morgan fingerprint density at radius 2 is 1.40 bits per heavy atom. The van der Waals surface area contributed by atoms with Crippen molar-refractivity contribution in [2.45, 2.75) is 38.8 Å². The van der Waals surface area contributed by atoms with Crippen LogP contribution >= 0.6 is 27.5 Å². The molecule has 3 heterocycles. The van der Waals surface area contributed by atoms with E-state index in [1.807, 2.05) is 83.4 Å². The Hall–Kier alpha value is -5.84. The smallest absolute Gasteiger partial charge is 0.358 e. The van der Waals surface area contributed by atoms with E-state index in [0.717, 1.165) is 61.0 Å². The van der Waals surface area contributed by atoms with Crippen LogP contribution in [-0.2, 0) is 23.2 Å². The summed E-state index contributed by atoms with van der Waals surface area (Å²) in [6.07, 6.45) is 4.81. The molecular weight excluding hydrogens is 776 g/mol. The molecule has 8 rings (SSSR count). The van der Waals surface area contributed by atoms with Crippen LogP contribution in [0.1, 0.15) is 58.8 Å². The Bertz CT molecular complexity index is 2450. The summed E-state index contributed by atoms with van der Waals surface area (Å²) in [6.45, 7) is 4.34. The number of hydrogen-bond donors (Lipinski definition) is 0. The summed E-state index contributed by atoms with van der Waals surface area (Å²) < 4.78 is 13.8. The number of carbonyl (C=O) groups excluding carboxylic acids is 1. The minimum absolute atomic E-state index is 0.119. The van der Waals surface area contributed by atoms with Gasteiger partial charge in [0.2, 0.25) is 5.82 Å². The Morgan fingerprint density at radius 1 is 0.800 bits per heavy atom. The van der Waals surface area contributed by atoms with Gasteiger partial charge in [0, 0.05) is 27.6 Å². The van der Waals surface area contributed by atoms with Gasteiger partial charge in [-0.15, -0.1) is 15.0 Å². The number of rotatable bonds is 12. The van der Waals surface area contributed by atoms with Gasteiger partial charge < -0.3 is 13.7 Å². The van der Waals surface area contributed by atoms with Gasteiger partial charge in [0.25, 0.3) is 0 Å². The molecule has 0 amide bonds. The Labute approximate surface area is 332 Å². The lowest BCUT2D eigenvalue weighted by atomic mass is 9.77. The zero-order valence-corrected chi connectivity index (χ0v) is 32.5. The van der Waals surface area contributed by atoms with Gasteiger partial charge in [-0.05, 0) is 73.9 Å². The van der Waals surface area contributed by atoms with Crippen molar-refractivity contribution in [1.82, 2.24) is 29.8 Å². The molecule has 6 aromatic rings. The van der Waals surface area contributed by atoms with E-state index in [9.17, 15) is 4.79 Å². The number of fused-ring (bicyclic) bond motifs is 1. The predicted octanol–water partition coefficient (Wildman–Crippen LogP) is 10.3. The number of hydrogen-bond acceptors (Lipinski definition) is 7. The molecule has 4 aromatic carbocycles. The number of aromatic nitrogens is 6. The first-order valence-corrected chi connectivity index (χ1v) is 19.3. The van der Waals surface area contributed by atoms with Crippen LogP contribution in [0.25, 0.3) is 33.6 Å². The molecule has 1 aliphatic carbocycles. The molecule has 274 valence electrons. The van der Waals surface area contributed by atoms with Crippen molar-refractivity contribution in [3.8, 4) is 33.6 Å². The minimum atomic E-state index is -0.938. The number of imidazole rings is 1. The summed E-state index contributed by atoms with van der Waals surface area (Å²) in [4.78, 5) is 19.7. The molecule has 0 fully saturated rings. The number of aryl methyl sites for hydroxylation is 1. The predicted molar refractivity (Wildman–Crippen MR) is 216 cm³/mol. The second-order valence-corrected chi connectivity index (χ2v) is 14.2. The lowest BCUT2D eigenvalue weighted by molar-refractivity contribution is 0.0514. The molecule has 0 spiro atoms. The molecule has 0 saturated carbocycles. The molecule has 11 heteroatoms. The van der Waals surface area contributed by atoms with Gasteiger partial charge >= 0.3 is 5.97 Å². The van der Waals surface area contributed by atoms with Crippen molar-refractivity contribution in [2.75, 3.05) is 6.61 Å². The lowest BCUT2D eigenvalue weighted by Crippen LogP contribution is -2.39. The molecular formula is C44H36BrClN6O3. The van der Waals surface area contributed by atoms with Crippen LogP contribution in [0.15, 0.2) is 143 Å². The molecule has 0 unspecified atom stereocenters. The van der Waals surface area contributed by atoms with E-state index >= 15 is 0 Å². The van der Waals surface area contributed by atoms with Crippen LogP contribution in [0.3, 0.4) is 0 Å². The van der Waals surface area contributed by atoms with E-state index in [1.165, 1.54) is 0 Å². The van der Waals surface area contributed by atoms with Crippen molar-refractivity contribution in [2.24, 2.45) is 0 Å². The average Bonchev–Trinajstić information content (AvgIpc) is 3.91. The van der Waals surface area contributed by atoms with E-state index < -0.39 is 11.5 Å². The van der Waals surface area contributed by atoms with Crippen molar-refractivity contribution in [3.63, 3.8) is 0 Å². The van der Waals surface area contributed by atoms with Gasteiger partial charge in [-0.3, -0.25) is 0 Å². The first-order valence-electron chi connectivity index (χ1n) is 18.1. The van der Waals surface area contributed by atoms with E-state index in [0.29, 0.717) is 18.1 Å². The Morgan fingerprint density at radius 3 is 2.00 bits per heavy atom. The van der Waals surface area contributed by atoms with Crippen LogP contribution < -0.4 is 0 Å². The molecule has 9 nitrogen and oxygen atoms in total. The topological polar surface area (TPSA) is 101 Å². The van der Waals surface area contributed by atoms with Crippen molar-refractivity contribution < 1.29 is 13.9 Å². The van der Waals surface area contributed by atoms with Gasteiger partial charge in [0.1, 0.15) is 5.82 Å². The number of benzene rings is 4. The average molecular weight is 812 g/mol. The van der Waals surface area contributed by atoms with Gasteiger partial charge in [0.05, 0.1) is 25.7 Å². The Balaban J connectivity index is 1.34. The van der Waals surface area contributed by atoms with Crippen LogP contribution in [0.2, 0.25) is 5.15 Å². The number of esters is 1. The fourth-order valence-electron chi connectivity index (χ4n) is 7.50. The molecule has 0 radical (unpaired) electrons.